The van der Waals surface area contributed by atoms with Crippen molar-refractivity contribution >= 4 is 16.7 Å². The molecule has 28 heavy (non-hydrogen) atoms. The highest BCUT2D eigenvalue weighted by atomic mass is 19.4. The minimum atomic E-state index is -4.53. The zero-order valence-corrected chi connectivity index (χ0v) is 14.7. The molecule has 0 radical (unpaired) electrons. The molecular formula is C18H15F3N4O3. The summed E-state index contributed by atoms with van der Waals surface area (Å²) in [6.07, 6.45) is -3.02. The van der Waals surface area contributed by atoms with Crippen molar-refractivity contribution in [3.05, 3.63) is 41.6 Å². The number of halogens is 3. The lowest BCUT2D eigenvalue weighted by Gasteiger charge is -2.17. The van der Waals surface area contributed by atoms with E-state index in [4.69, 9.17) is 14.2 Å². The number of pyridine rings is 1. The van der Waals surface area contributed by atoms with E-state index in [1.807, 2.05) is 0 Å². The lowest BCUT2D eigenvalue weighted by atomic mass is 10.1. The number of hydrogen-bond donors (Lipinski definition) is 1. The van der Waals surface area contributed by atoms with Crippen LogP contribution in [0.3, 0.4) is 0 Å². The molecule has 1 N–H and O–H groups in total. The molecule has 3 aromatic rings. The molecule has 7 nitrogen and oxygen atoms in total. The van der Waals surface area contributed by atoms with Gasteiger partial charge in [0.25, 0.3) is 0 Å². The second-order valence-corrected chi connectivity index (χ2v) is 5.94. The standard InChI is InChI=1S/C18H15F3N4O3/c1-26-14-7-11-13(9-22-14)24-17-25-16(11)23-8-10-3-2-4-12(18(19,20)21)15(10)27-5-6-28-17/h2-4,7,9H,5-6,8H2,1H3,(H,23,24,25). The molecule has 0 amide bonds. The Kier molecular flexibility index (Phi) is 4.54. The van der Waals surface area contributed by atoms with Crippen LogP contribution < -0.4 is 19.5 Å². The number of benzene rings is 1. The second kappa shape index (κ2) is 7.02. The number of hydrogen-bond acceptors (Lipinski definition) is 7. The van der Waals surface area contributed by atoms with E-state index in [9.17, 15) is 13.2 Å². The van der Waals surface area contributed by atoms with Gasteiger partial charge in [0, 0.05) is 23.6 Å². The third kappa shape index (κ3) is 3.45. The van der Waals surface area contributed by atoms with Gasteiger partial charge in [0.15, 0.2) is 0 Å². The minimum Gasteiger partial charge on any atom is -0.489 e. The normalized spacial score (nSPS) is 14.1. The molecule has 1 aliphatic heterocycles. The smallest absolute Gasteiger partial charge is 0.419 e. The van der Waals surface area contributed by atoms with Gasteiger partial charge in [-0.25, -0.2) is 4.98 Å². The molecule has 0 saturated heterocycles. The van der Waals surface area contributed by atoms with Gasteiger partial charge < -0.3 is 19.5 Å². The topological polar surface area (TPSA) is 78.4 Å². The van der Waals surface area contributed by atoms with Crippen molar-refractivity contribution in [3.8, 4) is 17.6 Å². The monoisotopic (exact) mass is 392 g/mol. The van der Waals surface area contributed by atoms with E-state index in [1.54, 1.807) is 12.1 Å². The van der Waals surface area contributed by atoms with E-state index >= 15 is 0 Å². The third-order valence-corrected chi connectivity index (χ3v) is 4.15. The minimum absolute atomic E-state index is 0.0137. The largest absolute Gasteiger partial charge is 0.489 e. The summed E-state index contributed by atoms with van der Waals surface area (Å²) >= 11 is 0. The molecule has 0 unspecified atom stereocenters. The highest BCUT2D eigenvalue weighted by Gasteiger charge is 2.35. The fourth-order valence-corrected chi connectivity index (χ4v) is 2.88. The van der Waals surface area contributed by atoms with Crippen molar-refractivity contribution in [2.24, 2.45) is 0 Å². The Hall–Kier alpha value is -3.30. The molecule has 0 fully saturated rings. The Morgan fingerprint density at radius 2 is 1.96 bits per heavy atom. The molecule has 0 saturated carbocycles. The van der Waals surface area contributed by atoms with E-state index in [-0.39, 0.29) is 31.5 Å². The van der Waals surface area contributed by atoms with Crippen LogP contribution >= 0.6 is 0 Å². The molecule has 0 aliphatic carbocycles. The van der Waals surface area contributed by atoms with Crippen LogP contribution in [0.15, 0.2) is 30.5 Å². The van der Waals surface area contributed by atoms with Gasteiger partial charge in [-0.1, -0.05) is 12.1 Å². The van der Waals surface area contributed by atoms with Crippen molar-refractivity contribution < 1.29 is 27.4 Å². The molecule has 4 rings (SSSR count). The van der Waals surface area contributed by atoms with Crippen LogP contribution in [0.1, 0.15) is 11.1 Å². The first-order valence-electron chi connectivity index (χ1n) is 8.36. The van der Waals surface area contributed by atoms with Crippen LogP contribution in [0.4, 0.5) is 19.0 Å². The lowest BCUT2D eigenvalue weighted by Crippen LogP contribution is -2.15. The Balaban J connectivity index is 1.79. The predicted octanol–water partition coefficient (Wildman–Crippen LogP) is 3.44. The van der Waals surface area contributed by atoms with E-state index in [0.29, 0.717) is 28.2 Å². The highest BCUT2D eigenvalue weighted by Crippen LogP contribution is 2.39. The first-order chi connectivity index (χ1) is 13.5. The number of anilines is 1. The zero-order chi connectivity index (χ0) is 19.7. The summed E-state index contributed by atoms with van der Waals surface area (Å²) in [5, 5.41) is 3.65. The fraction of sp³-hybridized carbons (Fsp3) is 0.278. The van der Waals surface area contributed by atoms with Crippen LogP contribution in [0.5, 0.6) is 17.6 Å². The van der Waals surface area contributed by atoms with Gasteiger partial charge in [0.05, 0.1) is 24.4 Å². The third-order valence-electron chi connectivity index (χ3n) is 4.15. The van der Waals surface area contributed by atoms with Gasteiger partial charge in [-0.2, -0.15) is 23.1 Å². The maximum absolute atomic E-state index is 13.4. The van der Waals surface area contributed by atoms with Crippen molar-refractivity contribution in [1.82, 2.24) is 15.0 Å². The quantitative estimate of drug-likeness (QED) is 0.680. The maximum atomic E-state index is 13.4. The Bertz CT molecular complexity index is 1030. The zero-order valence-electron chi connectivity index (χ0n) is 14.7. The van der Waals surface area contributed by atoms with Crippen LogP contribution in [0.2, 0.25) is 0 Å². The summed E-state index contributed by atoms with van der Waals surface area (Å²) in [7, 11) is 1.48. The van der Waals surface area contributed by atoms with Crippen molar-refractivity contribution in [1.29, 1.82) is 0 Å². The number of alkyl halides is 3. The summed E-state index contributed by atoms with van der Waals surface area (Å²) in [5.41, 5.74) is 0.0309. The Morgan fingerprint density at radius 3 is 2.75 bits per heavy atom. The molecule has 0 atom stereocenters. The molecule has 10 heteroatoms. The average Bonchev–Trinajstić information content (AvgIpc) is 2.71. The SMILES string of the molecule is COc1cc2c3nc(nc2cn1)OCCOc1c(cccc1C(F)(F)F)CN3. The van der Waals surface area contributed by atoms with E-state index < -0.39 is 11.7 Å². The summed E-state index contributed by atoms with van der Waals surface area (Å²) in [6, 6.07) is 5.63. The van der Waals surface area contributed by atoms with Crippen LogP contribution in [0, 0.1) is 0 Å². The molecular weight excluding hydrogens is 377 g/mol. The van der Waals surface area contributed by atoms with Gasteiger partial charge >= 0.3 is 12.2 Å². The molecule has 146 valence electrons. The number of ether oxygens (including phenoxy) is 3. The van der Waals surface area contributed by atoms with Gasteiger partial charge in [-0.15, -0.1) is 0 Å². The Labute approximate surface area is 157 Å². The summed E-state index contributed by atoms with van der Waals surface area (Å²) in [6.45, 7) is -0.0344. The molecule has 2 bridgehead atoms. The van der Waals surface area contributed by atoms with Gasteiger partial charge in [0.2, 0.25) is 5.88 Å². The summed E-state index contributed by atoms with van der Waals surface area (Å²) in [4.78, 5) is 12.7. The van der Waals surface area contributed by atoms with Crippen molar-refractivity contribution in [2.45, 2.75) is 12.7 Å². The molecule has 1 aliphatic rings. The molecule has 1 aromatic carbocycles. The van der Waals surface area contributed by atoms with E-state index in [2.05, 4.69) is 20.3 Å². The highest BCUT2D eigenvalue weighted by molar-refractivity contribution is 5.89. The first kappa shape index (κ1) is 18.1. The van der Waals surface area contributed by atoms with Gasteiger partial charge in [0.1, 0.15) is 24.8 Å². The number of nitrogens with zero attached hydrogens (tertiary/aromatic N) is 3. The summed E-state index contributed by atoms with van der Waals surface area (Å²) in [5.74, 6) is 0.531. The molecule has 0 spiro atoms. The van der Waals surface area contributed by atoms with E-state index in [1.165, 1.54) is 19.4 Å². The van der Waals surface area contributed by atoms with Gasteiger partial charge in [-0.3, -0.25) is 0 Å². The van der Waals surface area contributed by atoms with Crippen LogP contribution in [0.25, 0.3) is 10.9 Å². The molecule has 3 heterocycles. The first-order valence-corrected chi connectivity index (χ1v) is 8.36. The number of fused-ring (bicyclic) bond motifs is 5. The Morgan fingerprint density at radius 1 is 1.14 bits per heavy atom. The predicted molar refractivity (Wildman–Crippen MR) is 93.6 cm³/mol. The average molecular weight is 392 g/mol. The number of rotatable bonds is 1. The van der Waals surface area contributed by atoms with Crippen molar-refractivity contribution in [3.63, 3.8) is 0 Å². The number of nitrogens with one attached hydrogen (secondary N) is 1. The van der Waals surface area contributed by atoms with Crippen LogP contribution in [-0.2, 0) is 12.7 Å². The van der Waals surface area contributed by atoms with Gasteiger partial charge in [-0.05, 0) is 6.07 Å². The van der Waals surface area contributed by atoms with Crippen LogP contribution in [-0.4, -0.2) is 35.3 Å². The molecule has 2 aromatic heterocycles. The fourth-order valence-electron chi connectivity index (χ4n) is 2.88. The van der Waals surface area contributed by atoms with E-state index in [0.717, 1.165) is 6.07 Å². The number of aromatic nitrogens is 3. The summed E-state index contributed by atoms with van der Waals surface area (Å²) < 4.78 is 56.1. The lowest BCUT2D eigenvalue weighted by molar-refractivity contribution is -0.139. The maximum Gasteiger partial charge on any atom is 0.419 e. The van der Waals surface area contributed by atoms with Crippen molar-refractivity contribution in [2.75, 3.05) is 25.6 Å². The second-order valence-electron chi connectivity index (χ2n) is 5.94. The number of para-hydroxylation sites is 1. The number of methoxy groups -OCH3 is 1.